The fourth-order valence-corrected chi connectivity index (χ4v) is 2.51. The molecule has 0 unspecified atom stereocenters. The van der Waals surface area contributed by atoms with E-state index in [1.165, 1.54) is 27.8 Å². The fraction of sp³-hybridized carbons (Fsp3) is 0.111. The molecule has 1 aliphatic rings. The Labute approximate surface area is 108 Å². The van der Waals surface area contributed by atoms with Gasteiger partial charge in [0.1, 0.15) is 0 Å². The van der Waals surface area contributed by atoms with E-state index in [4.69, 9.17) is 0 Å². The van der Waals surface area contributed by atoms with Crippen LogP contribution in [0.4, 0.5) is 0 Å². The van der Waals surface area contributed by atoms with E-state index in [1.807, 2.05) is 0 Å². The van der Waals surface area contributed by atoms with Crippen LogP contribution < -0.4 is 0 Å². The van der Waals surface area contributed by atoms with Crippen molar-refractivity contribution in [3.05, 3.63) is 83.4 Å². The summed E-state index contributed by atoms with van der Waals surface area (Å²) in [6.07, 6.45) is 4.38. The molecular weight excluding hydrogens is 216 g/mol. The molecule has 2 aromatic carbocycles. The van der Waals surface area contributed by atoms with Crippen LogP contribution in [0.15, 0.2) is 66.2 Å². The molecule has 0 nitrogen and oxygen atoms in total. The lowest BCUT2D eigenvalue weighted by atomic mass is 9.94. The Morgan fingerprint density at radius 2 is 1.33 bits per heavy atom. The van der Waals surface area contributed by atoms with Crippen molar-refractivity contribution in [2.45, 2.75) is 13.3 Å². The van der Waals surface area contributed by atoms with Crippen LogP contribution in [-0.2, 0) is 0 Å². The van der Waals surface area contributed by atoms with Gasteiger partial charge in [-0.1, -0.05) is 60.7 Å². The zero-order valence-electron chi connectivity index (χ0n) is 10.5. The molecule has 0 heterocycles. The SMILES string of the molecule is CC1=[C]CC(c2ccccc2)=C1c1ccccc1. The molecule has 0 atom stereocenters. The third-order valence-corrected chi connectivity index (χ3v) is 3.39. The molecule has 2 aromatic rings. The molecule has 0 bridgehead atoms. The lowest BCUT2D eigenvalue weighted by Crippen LogP contribution is -1.88. The summed E-state index contributed by atoms with van der Waals surface area (Å²) in [6.45, 7) is 2.15. The van der Waals surface area contributed by atoms with Crippen LogP contribution in [0.5, 0.6) is 0 Å². The van der Waals surface area contributed by atoms with Gasteiger partial charge >= 0.3 is 0 Å². The Hall–Kier alpha value is -2.08. The van der Waals surface area contributed by atoms with Gasteiger partial charge in [-0.3, -0.25) is 0 Å². The number of benzene rings is 2. The van der Waals surface area contributed by atoms with Gasteiger partial charge in [0.25, 0.3) is 0 Å². The lowest BCUT2D eigenvalue weighted by molar-refractivity contribution is 1.36. The van der Waals surface area contributed by atoms with E-state index >= 15 is 0 Å². The number of allylic oxidation sites excluding steroid dienone is 4. The van der Waals surface area contributed by atoms with Gasteiger partial charge in [0.2, 0.25) is 0 Å². The summed E-state index contributed by atoms with van der Waals surface area (Å²) >= 11 is 0. The first-order valence-corrected chi connectivity index (χ1v) is 6.28. The first-order chi connectivity index (χ1) is 8.86. The van der Waals surface area contributed by atoms with Crippen LogP contribution in [-0.4, -0.2) is 0 Å². The average molecular weight is 231 g/mol. The van der Waals surface area contributed by atoms with Crippen molar-refractivity contribution in [3.63, 3.8) is 0 Å². The number of hydrogen-bond acceptors (Lipinski definition) is 0. The van der Waals surface area contributed by atoms with E-state index in [0.717, 1.165) is 6.42 Å². The van der Waals surface area contributed by atoms with Crippen molar-refractivity contribution < 1.29 is 0 Å². The van der Waals surface area contributed by atoms with Gasteiger partial charge < -0.3 is 0 Å². The van der Waals surface area contributed by atoms with Crippen molar-refractivity contribution in [1.29, 1.82) is 0 Å². The molecule has 87 valence electrons. The highest BCUT2D eigenvalue weighted by Crippen LogP contribution is 2.38. The van der Waals surface area contributed by atoms with E-state index in [0.29, 0.717) is 0 Å². The van der Waals surface area contributed by atoms with E-state index in [1.54, 1.807) is 0 Å². The zero-order chi connectivity index (χ0) is 12.4. The topological polar surface area (TPSA) is 0 Å². The zero-order valence-corrected chi connectivity index (χ0v) is 10.5. The molecule has 0 spiro atoms. The van der Waals surface area contributed by atoms with Crippen molar-refractivity contribution in [1.82, 2.24) is 0 Å². The monoisotopic (exact) mass is 231 g/mol. The molecule has 18 heavy (non-hydrogen) atoms. The van der Waals surface area contributed by atoms with E-state index < -0.39 is 0 Å². The summed E-state index contributed by atoms with van der Waals surface area (Å²) in [6, 6.07) is 21.2. The smallest absolute Gasteiger partial charge is 0.000776 e. The third kappa shape index (κ3) is 1.91. The Morgan fingerprint density at radius 1 is 0.778 bits per heavy atom. The minimum atomic E-state index is 0.917. The van der Waals surface area contributed by atoms with Gasteiger partial charge in [0.05, 0.1) is 0 Å². The Morgan fingerprint density at radius 3 is 1.94 bits per heavy atom. The van der Waals surface area contributed by atoms with Gasteiger partial charge in [0.15, 0.2) is 0 Å². The molecule has 0 saturated heterocycles. The van der Waals surface area contributed by atoms with Crippen molar-refractivity contribution >= 4 is 11.1 Å². The summed E-state index contributed by atoms with van der Waals surface area (Å²) in [5.41, 5.74) is 6.60. The first-order valence-electron chi connectivity index (χ1n) is 6.28. The fourth-order valence-electron chi connectivity index (χ4n) is 2.51. The molecule has 0 aromatic heterocycles. The Balaban J connectivity index is 2.15. The molecular formula is C18H15. The second-order valence-electron chi connectivity index (χ2n) is 4.56. The second kappa shape index (κ2) is 4.66. The van der Waals surface area contributed by atoms with Crippen LogP contribution in [0.1, 0.15) is 24.5 Å². The van der Waals surface area contributed by atoms with Gasteiger partial charge in [-0.05, 0) is 47.3 Å². The molecule has 0 saturated carbocycles. The summed E-state index contributed by atoms with van der Waals surface area (Å²) in [5.74, 6) is 0. The van der Waals surface area contributed by atoms with Gasteiger partial charge in [-0.15, -0.1) is 0 Å². The summed E-state index contributed by atoms with van der Waals surface area (Å²) in [7, 11) is 0. The normalized spacial score (nSPS) is 14.8. The number of hydrogen-bond donors (Lipinski definition) is 0. The Kier molecular flexibility index (Phi) is 2.85. The van der Waals surface area contributed by atoms with Crippen molar-refractivity contribution in [2.24, 2.45) is 0 Å². The summed E-state index contributed by atoms with van der Waals surface area (Å²) in [4.78, 5) is 0. The minimum Gasteiger partial charge on any atom is -0.0622 e. The molecule has 0 amide bonds. The molecule has 1 radical (unpaired) electrons. The van der Waals surface area contributed by atoms with Gasteiger partial charge in [0, 0.05) is 0 Å². The predicted molar refractivity (Wildman–Crippen MR) is 76.7 cm³/mol. The maximum absolute atomic E-state index is 3.46. The lowest BCUT2D eigenvalue weighted by Gasteiger charge is -2.10. The predicted octanol–water partition coefficient (Wildman–Crippen LogP) is 4.75. The minimum absolute atomic E-state index is 0.917. The maximum Gasteiger partial charge on any atom is -0.000776 e. The molecule has 0 aliphatic heterocycles. The highest BCUT2D eigenvalue weighted by molar-refractivity contribution is 6.00. The maximum atomic E-state index is 3.46. The summed E-state index contributed by atoms with van der Waals surface area (Å²) < 4.78 is 0. The molecule has 1 aliphatic carbocycles. The average Bonchev–Trinajstić information content (AvgIpc) is 2.83. The Bertz CT molecular complexity index is 601. The largest absolute Gasteiger partial charge is 0.0622 e. The highest BCUT2D eigenvalue weighted by Gasteiger charge is 2.17. The second-order valence-corrected chi connectivity index (χ2v) is 4.56. The van der Waals surface area contributed by atoms with Crippen LogP contribution in [0.25, 0.3) is 11.1 Å². The molecule has 3 rings (SSSR count). The third-order valence-electron chi connectivity index (χ3n) is 3.39. The van der Waals surface area contributed by atoms with Gasteiger partial charge in [-0.2, -0.15) is 0 Å². The quantitative estimate of drug-likeness (QED) is 0.699. The highest BCUT2D eigenvalue weighted by atomic mass is 14.2. The van der Waals surface area contributed by atoms with Crippen LogP contribution in [0.3, 0.4) is 0 Å². The van der Waals surface area contributed by atoms with Crippen LogP contribution in [0.2, 0.25) is 0 Å². The molecule has 0 heteroatoms. The van der Waals surface area contributed by atoms with E-state index in [9.17, 15) is 0 Å². The molecule has 0 fully saturated rings. The summed E-state index contributed by atoms with van der Waals surface area (Å²) in [5, 5.41) is 0. The van der Waals surface area contributed by atoms with Crippen molar-refractivity contribution in [3.8, 4) is 0 Å². The van der Waals surface area contributed by atoms with E-state index in [-0.39, 0.29) is 0 Å². The van der Waals surface area contributed by atoms with Gasteiger partial charge in [-0.25, -0.2) is 0 Å². The molecule has 0 N–H and O–H groups in total. The van der Waals surface area contributed by atoms with Crippen LogP contribution in [0, 0.1) is 6.08 Å². The standard InChI is InChI=1S/C18H15/c1-14-12-13-17(15-8-4-2-5-9-15)18(14)16-10-6-3-7-11-16/h2-11H,13H2,1H3. The number of rotatable bonds is 2. The van der Waals surface area contributed by atoms with Crippen molar-refractivity contribution in [2.75, 3.05) is 0 Å². The van der Waals surface area contributed by atoms with E-state index in [2.05, 4.69) is 73.7 Å². The first kappa shape index (κ1) is 11.0. The van der Waals surface area contributed by atoms with Crippen LogP contribution >= 0.6 is 0 Å².